The molecule has 0 fully saturated rings. The smallest absolute Gasteiger partial charge is 0.323 e. The van der Waals surface area contributed by atoms with Gasteiger partial charge in [0.25, 0.3) is 0 Å². The lowest BCUT2D eigenvalue weighted by Gasteiger charge is -2.18. The van der Waals surface area contributed by atoms with E-state index in [0.29, 0.717) is 22.3 Å². The number of aliphatic carboxylic acids is 1. The second kappa shape index (κ2) is 4.48. The van der Waals surface area contributed by atoms with Crippen molar-refractivity contribution in [3.05, 3.63) is 30.2 Å². The number of carbonyl (C=O) groups is 1. The summed E-state index contributed by atoms with van der Waals surface area (Å²) in [5, 5.41) is 9.53. The molecule has 0 unspecified atom stereocenters. The van der Waals surface area contributed by atoms with Crippen molar-refractivity contribution in [2.24, 2.45) is 0 Å². The monoisotopic (exact) mass is 249 g/mol. The van der Waals surface area contributed by atoms with E-state index < -0.39 is 11.8 Å². The van der Waals surface area contributed by atoms with Crippen molar-refractivity contribution in [3.8, 4) is 0 Å². The van der Waals surface area contributed by atoms with E-state index in [4.69, 9.17) is 10.8 Å². The number of likely N-dealkylation sites (N-methyl/N-ethyl adjacent to an activating group) is 1. The minimum absolute atomic E-state index is 0.234. The molecule has 0 aliphatic rings. The average molecular weight is 249 g/mol. The molecule has 6 heteroatoms. The van der Waals surface area contributed by atoms with Crippen molar-refractivity contribution in [1.82, 2.24) is 4.98 Å². The first-order valence-electron chi connectivity index (χ1n) is 5.26. The van der Waals surface area contributed by atoms with Gasteiger partial charge in [-0.3, -0.25) is 4.79 Å². The van der Waals surface area contributed by atoms with Crippen LogP contribution in [0.15, 0.2) is 24.4 Å². The maximum atomic E-state index is 13.7. The molecule has 0 radical (unpaired) electrons. The Hall–Kier alpha value is -2.37. The lowest BCUT2D eigenvalue weighted by atomic mass is 10.1. The number of hydrogen-bond acceptors (Lipinski definition) is 4. The van der Waals surface area contributed by atoms with Crippen LogP contribution in [0.5, 0.6) is 0 Å². The zero-order chi connectivity index (χ0) is 13.3. The third kappa shape index (κ3) is 2.04. The van der Waals surface area contributed by atoms with Gasteiger partial charge >= 0.3 is 5.97 Å². The minimum Gasteiger partial charge on any atom is -0.480 e. The molecule has 1 heterocycles. The van der Waals surface area contributed by atoms with E-state index in [-0.39, 0.29) is 6.54 Å². The molecule has 18 heavy (non-hydrogen) atoms. The van der Waals surface area contributed by atoms with E-state index in [9.17, 15) is 9.18 Å². The number of nitrogen functional groups attached to an aromatic ring is 1. The highest BCUT2D eigenvalue weighted by atomic mass is 19.1. The third-order valence-corrected chi connectivity index (χ3v) is 2.62. The fourth-order valence-electron chi connectivity index (χ4n) is 1.84. The fraction of sp³-hybridized carbons (Fsp3) is 0.167. The maximum absolute atomic E-state index is 13.7. The van der Waals surface area contributed by atoms with E-state index in [0.717, 1.165) is 0 Å². The number of carboxylic acids is 1. The van der Waals surface area contributed by atoms with Gasteiger partial charge in [0.2, 0.25) is 0 Å². The van der Waals surface area contributed by atoms with Gasteiger partial charge in [0.1, 0.15) is 18.2 Å². The Labute approximate surface area is 103 Å². The summed E-state index contributed by atoms with van der Waals surface area (Å²) in [5.41, 5.74) is 6.18. The number of hydrogen-bond donors (Lipinski definition) is 2. The topological polar surface area (TPSA) is 79.5 Å². The first-order valence-corrected chi connectivity index (χ1v) is 5.26. The molecule has 0 spiro atoms. The van der Waals surface area contributed by atoms with Gasteiger partial charge in [-0.1, -0.05) is 0 Å². The first kappa shape index (κ1) is 12.1. The number of pyridine rings is 1. The predicted octanol–water partition coefficient (Wildman–Crippen LogP) is 1.48. The number of carboxylic acid groups (broad SMARTS) is 1. The van der Waals surface area contributed by atoms with Gasteiger partial charge in [-0.15, -0.1) is 0 Å². The summed E-state index contributed by atoms with van der Waals surface area (Å²) in [4.78, 5) is 16.2. The van der Waals surface area contributed by atoms with E-state index >= 15 is 0 Å². The molecule has 2 rings (SSSR count). The highest BCUT2D eigenvalue weighted by Gasteiger charge is 2.14. The van der Waals surface area contributed by atoms with Crippen LogP contribution in [-0.4, -0.2) is 29.7 Å². The molecular weight excluding hydrogens is 237 g/mol. The molecule has 0 saturated heterocycles. The molecule has 5 nitrogen and oxygen atoms in total. The summed E-state index contributed by atoms with van der Waals surface area (Å²) >= 11 is 0. The number of nitrogens with zero attached hydrogens (tertiary/aromatic N) is 2. The molecular formula is C12H12FN3O2. The van der Waals surface area contributed by atoms with Crippen molar-refractivity contribution >= 4 is 28.2 Å². The van der Waals surface area contributed by atoms with Gasteiger partial charge in [-0.2, -0.15) is 0 Å². The largest absolute Gasteiger partial charge is 0.480 e. The summed E-state index contributed by atoms with van der Waals surface area (Å²) in [6, 6.07) is 4.23. The van der Waals surface area contributed by atoms with Gasteiger partial charge in [-0.25, -0.2) is 9.37 Å². The normalized spacial score (nSPS) is 10.6. The van der Waals surface area contributed by atoms with Gasteiger partial charge in [0.15, 0.2) is 0 Å². The van der Waals surface area contributed by atoms with E-state index in [2.05, 4.69) is 4.98 Å². The van der Waals surface area contributed by atoms with Crippen molar-refractivity contribution in [3.63, 3.8) is 0 Å². The average Bonchev–Trinajstić information content (AvgIpc) is 2.32. The van der Waals surface area contributed by atoms with Crippen LogP contribution in [0.1, 0.15) is 0 Å². The van der Waals surface area contributed by atoms with Crippen LogP contribution in [0.3, 0.4) is 0 Å². The number of aromatic nitrogens is 1. The molecule has 3 N–H and O–H groups in total. The van der Waals surface area contributed by atoms with Crippen LogP contribution >= 0.6 is 0 Å². The van der Waals surface area contributed by atoms with Crippen molar-refractivity contribution in [2.75, 3.05) is 24.2 Å². The number of anilines is 2. The second-order valence-corrected chi connectivity index (χ2v) is 3.94. The van der Waals surface area contributed by atoms with E-state index in [1.807, 2.05) is 0 Å². The molecule has 94 valence electrons. The first-order chi connectivity index (χ1) is 8.50. The fourth-order valence-corrected chi connectivity index (χ4v) is 1.84. The predicted molar refractivity (Wildman–Crippen MR) is 67.0 cm³/mol. The Morgan fingerprint density at radius 2 is 2.22 bits per heavy atom. The second-order valence-electron chi connectivity index (χ2n) is 3.94. The molecule has 0 saturated carbocycles. The number of benzene rings is 1. The van der Waals surface area contributed by atoms with Crippen molar-refractivity contribution in [1.29, 1.82) is 0 Å². The number of fused-ring (bicyclic) bond motifs is 1. The Kier molecular flexibility index (Phi) is 3.01. The molecule has 1 aromatic carbocycles. The van der Waals surface area contributed by atoms with Gasteiger partial charge < -0.3 is 15.7 Å². The van der Waals surface area contributed by atoms with Crippen LogP contribution in [0.25, 0.3) is 10.8 Å². The summed E-state index contributed by atoms with van der Waals surface area (Å²) < 4.78 is 13.7. The molecule has 0 aliphatic heterocycles. The third-order valence-electron chi connectivity index (χ3n) is 2.62. The highest BCUT2D eigenvalue weighted by molar-refractivity contribution is 6.01. The SMILES string of the molecule is CN(CC(=O)O)c1nccc2c(F)ccc(N)c12. The highest BCUT2D eigenvalue weighted by Crippen LogP contribution is 2.30. The molecule has 0 aliphatic carbocycles. The summed E-state index contributed by atoms with van der Waals surface area (Å²) in [6.45, 7) is -0.234. The molecule has 1 aromatic heterocycles. The molecule has 0 atom stereocenters. The van der Waals surface area contributed by atoms with Gasteiger partial charge in [-0.05, 0) is 18.2 Å². The number of nitrogens with two attached hydrogens (primary N) is 1. The van der Waals surface area contributed by atoms with Crippen LogP contribution in [0.2, 0.25) is 0 Å². The number of halogens is 1. The molecule has 0 amide bonds. The summed E-state index contributed by atoms with van der Waals surface area (Å²) in [5.74, 6) is -1.05. The Balaban J connectivity index is 2.64. The van der Waals surface area contributed by atoms with Crippen molar-refractivity contribution < 1.29 is 14.3 Å². The Bertz CT molecular complexity index is 616. The number of rotatable bonds is 3. The zero-order valence-corrected chi connectivity index (χ0v) is 9.72. The lowest BCUT2D eigenvalue weighted by Crippen LogP contribution is -2.26. The Morgan fingerprint density at radius 1 is 1.50 bits per heavy atom. The van der Waals surface area contributed by atoms with Gasteiger partial charge in [0.05, 0.1) is 5.39 Å². The lowest BCUT2D eigenvalue weighted by molar-refractivity contribution is -0.135. The zero-order valence-electron chi connectivity index (χ0n) is 9.72. The maximum Gasteiger partial charge on any atom is 0.323 e. The minimum atomic E-state index is -0.994. The molecule has 0 bridgehead atoms. The quantitative estimate of drug-likeness (QED) is 0.805. The summed E-state index contributed by atoms with van der Waals surface area (Å²) in [6.07, 6.45) is 1.43. The van der Waals surface area contributed by atoms with E-state index in [1.54, 1.807) is 7.05 Å². The van der Waals surface area contributed by atoms with Crippen LogP contribution in [0, 0.1) is 5.82 Å². The van der Waals surface area contributed by atoms with Gasteiger partial charge in [0, 0.05) is 24.3 Å². The van der Waals surface area contributed by atoms with E-state index in [1.165, 1.54) is 29.3 Å². The molecule has 2 aromatic rings. The van der Waals surface area contributed by atoms with Crippen LogP contribution in [-0.2, 0) is 4.79 Å². The van der Waals surface area contributed by atoms with Crippen LogP contribution in [0.4, 0.5) is 15.9 Å². The standard InChI is InChI=1S/C12H12FN3O2/c1-16(6-10(17)18)12-11-7(4-5-15-12)8(13)2-3-9(11)14/h2-5H,6,14H2,1H3,(H,17,18). The summed E-state index contributed by atoms with van der Waals surface area (Å²) in [7, 11) is 1.57. The van der Waals surface area contributed by atoms with Crippen molar-refractivity contribution in [2.45, 2.75) is 0 Å². The van der Waals surface area contributed by atoms with Crippen LogP contribution < -0.4 is 10.6 Å². The Morgan fingerprint density at radius 3 is 2.89 bits per heavy atom.